The maximum atomic E-state index is 12.8. The molecule has 0 saturated heterocycles. The predicted molar refractivity (Wildman–Crippen MR) is 119 cm³/mol. The number of para-hydroxylation sites is 1. The summed E-state index contributed by atoms with van der Waals surface area (Å²) in [4.78, 5) is 17.5. The Kier molecular flexibility index (Phi) is 4.61. The van der Waals surface area contributed by atoms with Crippen LogP contribution in [0.2, 0.25) is 0 Å². The number of fused-ring (bicyclic) bond motifs is 2. The summed E-state index contributed by atoms with van der Waals surface area (Å²) in [5.41, 5.74) is 5.42. The van der Waals surface area contributed by atoms with Crippen LogP contribution < -0.4 is 5.56 Å². The fraction of sp³-hybridized carbons (Fsp3) is 0.0435. The summed E-state index contributed by atoms with van der Waals surface area (Å²) >= 11 is 0. The van der Waals surface area contributed by atoms with Gasteiger partial charge in [-0.05, 0) is 35.2 Å². The van der Waals surface area contributed by atoms with E-state index < -0.39 is 0 Å². The van der Waals surface area contributed by atoms with Crippen LogP contribution in [-0.2, 0) is 7.05 Å². The minimum atomic E-state index is 0. The van der Waals surface area contributed by atoms with Crippen LogP contribution in [0.3, 0.4) is 0 Å². The SMILES string of the molecule is Br.Cn1c(=O)c(-c2ccc(-c3cn4ccccc4n3)cc2)cc2ccccc21. The van der Waals surface area contributed by atoms with E-state index in [1.807, 2.05) is 96.6 Å². The van der Waals surface area contributed by atoms with E-state index in [1.165, 1.54) is 0 Å². The average Bonchev–Trinajstić information content (AvgIpc) is 3.15. The molecule has 28 heavy (non-hydrogen) atoms. The summed E-state index contributed by atoms with van der Waals surface area (Å²) in [6, 6.07) is 23.9. The number of aryl methyl sites for hydroxylation is 1. The lowest BCUT2D eigenvalue weighted by molar-refractivity contribution is 0.909. The lowest BCUT2D eigenvalue weighted by atomic mass is 10.0. The number of nitrogens with zero attached hydrogens (tertiary/aromatic N) is 3. The van der Waals surface area contributed by atoms with Gasteiger partial charge in [-0.2, -0.15) is 0 Å². The number of rotatable bonds is 2. The van der Waals surface area contributed by atoms with Crippen LogP contribution in [0.25, 0.3) is 38.9 Å². The van der Waals surface area contributed by atoms with E-state index in [0.717, 1.165) is 33.4 Å². The summed E-state index contributed by atoms with van der Waals surface area (Å²) in [7, 11) is 1.82. The van der Waals surface area contributed by atoms with Gasteiger partial charge in [-0.15, -0.1) is 17.0 Å². The van der Waals surface area contributed by atoms with Crippen molar-refractivity contribution in [3.8, 4) is 22.4 Å². The molecule has 3 aromatic heterocycles. The molecule has 2 aromatic carbocycles. The maximum absolute atomic E-state index is 12.8. The second-order valence-corrected chi connectivity index (χ2v) is 6.65. The molecule has 138 valence electrons. The Balaban J connectivity index is 0.00000192. The van der Waals surface area contributed by atoms with Gasteiger partial charge in [0.25, 0.3) is 5.56 Å². The Labute approximate surface area is 172 Å². The number of imidazole rings is 1. The van der Waals surface area contributed by atoms with Crippen molar-refractivity contribution in [1.29, 1.82) is 0 Å². The molecule has 0 aliphatic heterocycles. The van der Waals surface area contributed by atoms with Gasteiger partial charge in [0.05, 0.1) is 11.2 Å². The molecule has 4 nitrogen and oxygen atoms in total. The van der Waals surface area contributed by atoms with Crippen LogP contribution in [0, 0.1) is 0 Å². The van der Waals surface area contributed by atoms with Crippen molar-refractivity contribution in [3.05, 3.63) is 95.5 Å². The molecule has 0 amide bonds. The monoisotopic (exact) mass is 431 g/mol. The Morgan fingerprint density at radius 3 is 2.36 bits per heavy atom. The molecule has 0 fully saturated rings. The van der Waals surface area contributed by atoms with Gasteiger partial charge in [-0.3, -0.25) is 4.79 Å². The number of aromatic nitrogens is 3. The van der Waals surface area contributed by atoms with Gasteiger partial charge < -0.3 is 8.97 Å². The summed E-state index contributed by atoms with van der Waals surface area (Å²) in [5.74, 6) is 0. The zero-order valence-electron chi connectivity index (χ0n) is 15.2. The first-order valence-corrected chi connectivity index (χ1v) is 8.84. The summed E-state index contributed by atoms with van der Waals surface area (Å²) in [6.07, 6.45) is 4.00. The molecule has 5 aromatic rings. The summed E-state index contributed by atoms with van der Waals surface area (Å²) in [6.45, 7) is 0. The Hall–Kier alpha value is -3.18. The third-order valence-corrected chi connectivity index (χ3v) is 4.99. The Bertz CT molecular complexity index is 1320. The van der Waals surface area contributed by atoms with Crippen molar-refractivity contribution in [1.82, 2.24) is 14.0 Å². The molecule has 0 radical (unpaired) electrons. The van der Waals surface area contributed by atoms with Gasteiger partial charge >= 0.3 is 0 Å². The highest BCUT2D eigenvalue weighted by Gasteiger charge is 2.10. The molecular formula is C23H18BrN3O. The van der Waals surface area contributed by atoms with E-state index in [1.54, 1.807) is 4.57 Å². The molecule has 5 rings (SSSR count). The van der Waals surface area contributed by atoms with Crippen LogP contribution in [0.1, 0.15) is 0 Å². The number of benzene rings is 2. The van der Waals surface area contributed by atoms with Gasteiger partial charge in [-0.1, -0.05) is 48.5 Å². The lowest BCUT2D eigenvalue weighted by Gasteiger charge is -2.09. The number of halogens is 1. The fourth-order valence-corrected chi connectivity index (χ4v) is 3.52. The minimum Gasteiger partial charge on any atom is -0.311 e. The van der Waals surface area contributed by atoms with Crippen LogP contribution in [-0.4, -0.2) is 14.0 Å². The molecule has 0 aliphatic carbocycles. The predicted octanol–water partition coefficient (Wildman–Crippen LogP) is 5.10. The van der Waals surface area contributed by atoms with E-state index in [9.17, 15) is 4.79 Å². The molecule has 0 spiro atoms. The molecule has 0 atom stereocenters. The quantitative estimate of drug-likeness (QED) is 0.390. The molecular weight excluding hydrogens is 414 g/mol. The molecule has 5 heteroatoms. The first-order chi connectivity index (χ1) is 13.2. The van der Waals surface area contributed by atoms with E-state index in [-0.39, 0.29) is 22.5 Å². The molecule has 3 heterocycles. The third-order valence-electron chi connectivity index (χ3n) is 4.99. The van der Waals surface area contributed by atoms with Crippen molar-refractivity contribution >= 4 is 33.5 Å². The van der Waals surface area contributed by atoms with Gasteiger partial charge in [0.2, 0.25) is 0 Å². The molecule has 0 bridgehead atoms. The zero-order valence-corrected chi connectivity index (χ0v) is 17.0. The molecule has 0 unspecified atom stereocenters. The molecule has 0 N–H and O–H groups in total. The summed E-state index contributed by atoms with van der Waals surface area (Å²) in [5, 5.41) is 1.05. The van der Waals surface area contributed by atoms with Crippen LogP contribution in [0.4, 0.5) is 0 Å². The normalized spacial score (nSPS) is 10.9. The van der Waals surface area contributed by atoms with E-state index in [4.69, 9.17) is 0 Å². The number of hydrogen-bond acceptors (Lipinski definition) is 2. The highest BCUT2D eigenvalue weighted by molar-refractivity contribution is 8.93. The van der Waals surface area contributed by atoms with Gasteiger partial charge in [-0.25, -0.2) is 4.98 Å². The van der Waals surface area contributed by atoms with Gasteiger partial charge in [0.1, 0.15) is 5.65 Å². The second-order valence-electron chi connectivity index (χ2n) is 6.65. The standard InChI is InChI=1S/C23H17N3O.BrH/c1-25-21-7-3-2-6-18(21)14-19(23(25)27)16-9-11-17(12-10-16)20-15-26-13-5-4-8-22(26)24-20;/h2-15H,1H3;1H. The first-order valence-electron chi connectivity index (χ1n) is 8.84. The average molecular weight is 432 g/mol. The van der Waals surface area contributed by atoms with Crippen molar-refractivity contribution in [2.75, 3.05) is 0 Å². The fourth-order valence-electron chi connectivity index (χ4n) is 3.52. The lowest BCUT2D eigenvalue weighted by Crippen LogP contribution is -2.18. The van der Waals surface area contributed by atoms with Crippen molar-refractivity contribution in [2.45, 2.75) is 0 Å². The zero-order chi connectivity index (χ0) is 18.4. The number of pyridine rings is 2. The Morgan fingerprint density at radius 1 is 0.857 bits per heavy atom. The minimum absolute atomic E-state index is 0. The van der Waals surface area contributed by atoms with Crippen LogP contribution in [0.5, 0.6) is 0 Å². The third kappa shape index (κ3) is 2.94. The van der Waals surface area contributed by atoms with Crippen molar-refractivity contribution in [3.63, 3.8) is 0 Å². The molecule has 0 saturated carbocycles. The van der Waals surface area contributed by atoms with Crippen molar-refractivity contribution < 1.29 is 0 Å². The van der Waals surface area contributed by atoms with E-state index >= 15 is 0 Å². The van der Waals surface area contributed by atoms with E-state index in [0.29, 0.717) is 5.56 Å². The largest absolute Gasteiger partial charge is 0.311 e. The van der Waals surface area contributed by atoms with Gasteiger partial charge in [0.15, 0.2) is 0 Å². The molecule has 0 aliphatic rings. The van der Waals surface area contributed by atoms with Gasteiger partial charge in [0, 0.05) is 30.6 Å². The van der Waals surface area contributed by atoms with Crippen LogP contribution in [0.15, 0.2) is 90.0 Å². The highest BCUT2D eigenvalue weighted by Crippen LogP contribution is 2.25. The second kappa shape index (κ2) is 7.09. The number of hydrogen-bond donors (Lipinski definition) is 0. The highest BCUT2D eigenvalue weighted by atomic mass is 79.9. The van der Waals surface area contributed by atoms with Crippen LogP contribution >= 0.6 is 17.0 Å². The summed E-state index contributed by atoms with van der Waals surface area (Å²) < 4.78 is 3.71. The maximum Gasteiger partial charge on any atom is 0.258 e. The topological polar surface area (TPSA) is 39.3 Å². The van der Waals surface area contributed by atoms with Crippen molar-refractivity contribution in [2.24, 2.45) is 7.05 Å². The smallest absolute Gasteiger partial charge is 0.258 e. The van der Waals surface area contributed by atoms with E-state index in [2.05, 4.69) is 4.98 Å². The Morgan fingerprint density at radius 2 is 1.57 bits per heavy atom. The first kappa shape index (κ1) is 18.2.